The zero-order valence-electron chi connectivity index (χ0n) is 15.5. The summed E-state index contributed by atoms with van der Waals surface area (Å²) in [5, 5.41) is 3.18. The number of hydrogen-bond donors (Lipinski definition) is 1. The van der Waals surface area contributed by atoms with Gasteiger partial charge in [0, 0.05) is 37.4 Å². The highest BCUT2D eigenvalue weighted by molar-refractivity contribution is 5.48. The van der Waals surface area contributed by atoms with Gasteiger partial charge in [-0.05, 0) is 68.1 Å². The van der Waals surface area contributed by atoms with Crippen LogP contribution in [0.25, 0.3) is 0 Å². The molecular formula is C21H24N6. The smallest absolute Gasteiger partial charge is 0.228 e. The summed E-state index contributed by atoms with van der Waals surface area (Å²) in [5.41, 5.74) is 3.54. The molecule has 0 saturated carbocycles. The lowest BCUT2D eigenvalue weighted by Gasteiger charge is -2.32. The van der Waals surface area contributed by atoms with Gasteiger partial charge in [0.2, 0.25) is 5.95 Å². The van der Waals surface area contributed by atoms with Crippen molar-refractivity contribution >= 4 is 11.8 Å². The van der Waals surface area contributed by atoms with Crippen molar-refractivity contribution in [1.82, 2.24) is 24.8 Å². The first-order valence-corrected chi connectivity index (χ1v) is 9.41. The van der Waals surface area contributed by atoms with Gasteiger partial charge < -0.3 is 5.32 Å². The van der Waals surface area contributed by atoms with Gasteiger partial charge in [-0.15, -0.1) is 0 Å². The van der Waals surface area contributed by atoms with Crippen molar-refractivity contribution < 1.29 is 0 Å². The summed E-state index contributed by atoms with van der Waals surface area (Å²) < 4.78 is 0. The van der Waals surface area contributed by atoms with Crippen molar-refractivity contribution in [3.05, 3.63) is 71.9 Å². The molecule has 4 heterocycles. The number of aromatic nitrogens is 4. The maximum atomic E-state index is 4.65. The van der Waals surface area contributed by atoms with E-state index in [-0.39, 0.29) is 0 Å². The number of nitrogens with zero attached hydrogens (tertiary/aromatic N) is 5. The normalized spacial score (nSPS) is 17.6. The Morgan fingerprint density at radius 3 is 2.81 bits per heavy atom. The van der Waals surface area contributed by atoms with Crippen LogP contribution < -0.4 is 5.32 Å². The van der Waals surface area contributed by atoms with Crippen molar-refractivity contribution in [3.63, 3.8) is 0 Å². The number of nitrogens with one attached hydrogen (secondary N) is 1. The molecule has 3 aromatic heterocycles. The highest BCUT2D eigenvalue weighted by Gasteiger charge is 2.22. The molecule has 3 aromatic rings. The molecule has 1 saturated heterocycles. The van der Waals surface area contributed by atoms with Gasteiger partial charge in [-0.3, -0.25) is 9.88 Å². The summed E-state index contributed by atoms with van der Waals surface area (Å²) in [4.78, 5) is 20.0. The highest BCUT2D eigenvalue weighted by Crippen LogP contribution is 2.28. The predicted octanol–water partition coefficient (Wildman–Crippen LogP) is 3.70. The third-order valence-corrected chi connectivity index (χ3v) is 4.90. The summed E-state index contributed by atoms with van der Waals surface area (Å²) in [6, 6.07) is 12.3. The van der Waals surface area contributed by atoms with Crippen LogP contribution in [-0.2, 0) is 6.54 Å². The molecule has 4 rings (SSSR count). The van der Waals surface area contributed by atoms with Crippen LogP contribution in [0.4, 0.5) is 11.8 Å². The lowest BCUT2D eigenvalue weighted by molar-refractivity contribution is 0.198. The van der Waals surface area contributed by atoms with E-state index in [1.54, 1.807) is 18.5 Å². The van der Waals surface area contributed by atoms with E-state index in [2.05, 4.69) is 54.4 Å². The number of rotatable bonds is 5. The highest BCUT2D eigenvalue weighted by atomic mass is 15.1. The van der Waals surface area contributed by atoms with E-state index in [0.29, 0.717) is 11.9 Å². The van der Waals surface area contributed by atoms with Crippen LogP contribution in [0.5, 0.6) is 0 Å². The summed E-state index contributed by atoms with van der Waals surface area (Å²) in [6.45, 7) is 5.12. The molecule has 1 aliphatic heterocycles. The summed E-state index contributed by atoms with van der Waals surface area (Å²) >= 11 is 0. The Bertz CT molecular complexity index is 883. The standard InChI is InChI=1S/C21H24N6/c1-16-5-2-7-19(25-16)15-27-12-3-6-18(14-27)17-8-11-22-20(13-17)26-21-23-9-4-10-24-21/h2,4-5,7-11,13,18H,3,6,12,14-15H2,1H3,(H,22,23,24,26). The van der Waals surface area contributed by atoms with Gasteiger partial charge in [0.15, 0.2) is 0 Å². The molecule has 6 nitrogen and oxygen atoms in total. The quantitative estimate of drug-likeness (QED) is 0.748. The predicted molar refractivity (Wildman–Crippen MR) is 106 cm³/mol. The molecular weight excluding hydrogens is 336 g/mol. The van der Waals surface area contributed by atoms with Crippen molar-refractivity contribution in [2.75, 3.05) is 18.4 Å². The molecule has 0 aromatic carbocycles. The monoisotopic (exact) mass is 360 g/mol. The van der Waals surface area contributed by atoms with E-state index in [0.717, 1.165) is 36.8 Å². The third kappa shape index (κ3) is 4.65. The molecule has 138 valence electrons. The maximum absolute atomic E-state index is 4.65. The molecule has 27 heavy (non-hydrogen) atoms. The molecule has 1 aliphatic rings. The first-order valence-electron chi connectivity index (χ1n) is 9.41. The average molecular weight is 360 g/mol. The second kappa shape index (κ2) is 8.22. The number of likely N-dealkylation sites (tertiary alicyclic amines) is 1. The molecule has 1 fully saturated rings. The lowest BCUT2D eigenvalue weighted by Crippen LogP contribution is -2.34. The van der Waals surface area contributed by atoms with Crippen LogP contribution in [0, 0.1) is 6.92 Å². The summed E-state index contributed by atoms with van der Waals surface area (Å²) in [6.07, 6.45) is 7.70. The summed E-state index contributed by atoms with van der Waals surface area (Å²) in [7, 11) is 0. The SMILES string of the molecule is Cc1cccc(CN2CCCC(c3ccnc(Nc4ncccn4)c3)C2)n1. The van der Waals surface area contributed by atoms with Gasteiger partial charge in [0.05, 0.1) is 5.69 Å². The van der Waals surface area contributed by atoms with E-state index in [9.17, 15) is 0 Å². The Kier molecular flexibility index (Phi) is 5.34. The minimum absolute atomic E-state index is 0.504. The second-order valence-corrected chi connectivity index (χ2v) is 7.02. The van der Waals surface area contributed by atoms with Crippen LogP contribution in [0.1, 0.15) is 35.7 Å². The Hall–Kier alpha value is -2.86. The van der Waals surface area contributed by atoms with Crippen molar-refractivity contribution in [2.24, 2.45) is 0 Å². The van der Waals surface area contributed by atoms with Crippen molar-refractivity contribution in [2.45, 2.75) is 32.2 Å². The van der Waals surface area contributed by atoms with Crippen molar-refractivity contribution in [1.29, 1.82) is 0 Å². The average Bonchev–Trinajstić information content (AvgIpc) is 2.69. The number of pyridine rings is 2. The van der Waals surface area contributed by atoms with Gasteiger partial charge in [-0.2, -0.15) is 0 Å². The number of aryl methyl sites for hydroxylation is 1. The summed E-state index contributed by atoms with van der Waals surface area (Å²) in [5.74, 6) is 1.86. The zero-order valence-corrected chi connectivity index (χ0v) is 15.5. The van der Waals surface area contributed by atoms with E-state index < -0.39 is 0 Å². The Morgan fingerprint density at radius 2 is 1.96 bits per heavy atom. The minimum Gasteiger partial charge on any atom is -0.309 e. The van der Waals surface area contributed by atoms with E-state index in [4.69, 9.17) is 0 Å². The maximum Gasteiger partial charge on any atom is 0.228 e. The van der Waals surface area contributed by atoms with Crippen LogP contribution in [0.15, 0.2) is 55.0 Å². The molecule has 1 N–H and O–H groups in total. The van der Waals surface area contributed by atoms with Gasteiger partial charge in [-0.25, -0.2) is 15.0 Å². The van der Waals surface area contributed by atoms with Crippen molar-refractivity contribution in [3.8, 4) is 0 Å². The largest absolute Gasteiger partial charge is 0.309 e. The van der Waals surface area contributed by atoms with Gasteiger partial charge in [0.1, 0.15) is 5.82 Å². The van der Waals surface area contributed by atoms with E-state index in [1.807, 2.05) is 19.2 Å². The molecule has 0 radical (unpaired) electrons. The number of anilines is 2. The van der Waals surface area contributed by atoms with Crippen LogP contribution in [0.2, 0.25) is 0 Å². The van der Waals surface area contributed by atoms with Gasteiger partial charge in [-0.1, -0.05) is 6.07 Å². The Labute approximate surface area is 159 Å². The third-order valence-electron chi connectivity index (χ3n) is 4.90. The van der Waals surface area contributed by atoms with Crippen LogP contribution in [0.3, 0.4) is 0 Å². The van der Waals surface area contributed by atoms with E-state index in [1.165, 1.54) is 18.4 Å². The van der Waals surface area contributed by atoms with E-state index >= 15 is 0 Å². The first kappa shape index (κ1) is 17.5. The van der Waals surface area contributed by atoms with Gasteiger partial charge >= 0.3 is 0 Å². The Morgan fingerprint density at radius 1 is 1.07 bits per heavy atom. The number of piperidine rings is 1. The Balaban J connectivity index is 1.44. The fourth-order valence-corrected chi connectivity index (χ4v) is 3.64. The number of hydrogen-bond acceptors (Lipinski definition) is 6. The molecule has 0 aliphatic carbocycles. The van der Waals surface area contributed by atoms with Gasteiger partial charge in [0.25, 0.3) is 0 Å². The topological polar surface area (TPSA) is 66.8 Å². The van der Waals surface area contributed by atoms with Crippen LogP contribution >= 0.6 is 0 Å². The fraction of sp³-hybridized carbons (Fsp3) is 0.333. The minimum atomic E-state index is 0.504. The molecule has 6 heteroatoms. The van der Waals surface area contributed by atoms with Crippen LogP contribution in [-0.4, -0.2) is 37.9 Å². The molecule has 0 spiro atoms. The second-order valence-electron chi connectivity index (χ2n) is 7.02. The molecule has 1 unspecified atom stereocenters. The first-order chi connectivity index (χ1) is 13.3. The fourth-order valence-electron chi connectivity index (χ4n) is 3.64. The lowest BCUT2D eigenvalue weighted by atomic mass is 9.91. The molecule has 0 bridgehead atoms. The molecule has 1 atom stereocenters. The zero-order chi connectivity index (χ0) is 18.5. The molecule has 0 amide bonds.